The van der Waals surface area contributed by atoms with Crippen LogP contribution in [0.1, 0.15) is 22.5 Å². The van der Waals surface area contributed by atoms with Crippen LogP contribution in [0.2, 0.25) is 0 Å². The number of ketones is 1. The van der Waals surface area contributed by atoms with Gasteiger partial charge in [0.25, 0.3) is 0 Å². The number of hydrogen-bond donors (Lipinski definition) is 1. The number of carbonyl (C=O) groups is 1. The fourth-order valence-corrected chi connectivity index (χ4v) is 1.99. The Morgan fingerprint density at radius 1 is 1.42 bits per heavy atom. The molecule has 2 aromatic rings. The smallest absolute Gasteiger partial charge is 0.165 e. The lowest BCUT2D eigenvalue weighted by Crippen LogP contribution is -2.08. The zero-order chi connectivity index (χ0) is 13.8. The third kappa shape index (κ3) is 2.76. The molecule has 1 aromatic carbocycles. The zero-order valence-electron chi connectivity index (χ0n) is 11.1. The molecule has 1 aromatic heterocycles. The maximum atomic E-state index is 12.2. The van der Waals surface area contributed by atoms with E-state index in [1.54, 1.807) is 29.1 Å². The van der Waals surface area contributed by atoms with Gasteiger partial charge in [0.05, 0.1) is 12.8 Å². The van der Waals surface area contributed by atoms with Crippen LogP contribution in [0.15, 0.2) is 30.5 Å². The third-order valence-corrected chi connectivity index (χ3v) is 3.12. The van der Waals surface area contributed by atoms with Crippen LogP contribution in [-0.2, 0) is 13.5 Å². The molecule has 0 radical (unpaired) electrons. The van der Waals surface area contributed by atoms with Crippen LogP contribution in [0.3, 0.4) is 0 Å². The molecule has 0 unspecified atom stereocenters. The van der Waals surface area contributed by atoms with E-state index in [0.717, 1.165) is 5.69 Å². The lowest BCUT2D eigenvalue weighted by Gasteiger charge is -2.09. The number of benzene rings is 1. The van der Waals surface area contributed by atoms with E-state index in [2.05, 4.69) is 5.10 Å². The Kier molecular flexibility index (Phi) is 3.85. The van der Waals surface area contributed by atoms with Crippen molar-refractivity contribution in [1.29, 1.82) is 0 Å². The van der Waals surface area contributed by atoms with Crippen molar-refractivity contribution in [1.82, 2.24) is 9.78 Å². The molecule has 0 saturated heterocycles. The van der Waals surface area contributed by atoms with Crippen molar-refractivity contribution in [2.45, 2.75) is 12.8 Å². The van der Waals surface area contributed by atoms with Gasteiger partial charge in [-0.05, 0) is 24.6 Å². The molecular weight excluding hydrogens is 242 g/mol. The second kappa shape index (κ2) is 5.56. The SMILES string of the molecule is COc1cccc(C(=O)CCc2ccnn2C)c1N. The summed E-state index contributed by atoms with van der Waals surface area (Å²) in [6, 6.07) is 7.14. The number of aryl methyl sites for hydroxylation is 2. The lowest BCUT2D eigenvalue weighted by molar-refractivity contribution is 0.0983. The molecule has 2 N–H and O–H groups in total. The van der Waals surface area contributed by atoms with E-state index in [1.165, 1.54) is 7.11 Å². The van der Waals surface area contributed by atoms with Gasteiger partial charge in [-0.1, -0.05) is 6.07 Å². The van der Waals surface area contributed by atoms with Gasteiger partial charge < -0.3 is 10.5 Å². The largest absolute Gasteiger partial charge is 0.495 e. The third-order valence-electron chi connectivity index (χ3n) is 3.12. The Labute approximate surface area is 112 Å². The predicted octanol–water partition coefficient (Wildman–Crippen LogP) is 1.83. The van der Waals surface area contributed by atoms with Gasteiger partial charge >= 0.3 is 0 Å². The van der Waals surface area contributed by atoms with Gasteiger partial charge in [-0.2, -0.15) is 5.10 Å². The molecule has 0 fully saturated rings. The number of hydrogen-bond acceptors (Lipinski definition) is 4. The summed E-state index contributed by atoms with van der Waals surface area (Å²) in [4.78, 5) is 12.2. The Morgan fingerprint density at radius 2 is 2.21 bits per heavy atom. The van der Waals surface area contributed by atoms with E-state index in [0.29, 0.717) is 29.8 Å². The van der Waals surface area contributed by atoms with Gasteiger partial charge in [-0.3, -0.25) is 9.48 Å². The summed E-state index contributed by atoms with van der Waals surface area (Å²) in [6.45, 7) is 0. The van der Waals surface area contributed by atoms with Crippen molar-refractivity contribution in [2.24, 2.45) is 7.05 Å². The summed E-state index contributed by atoms with van der Waals surface area (Å²) >= 11 is 0. The number of carbonyl (C=O) groups excluding carboxylic acids is 1. The van der Waals surface area contributed by atoms with E-state index in [1.807, 2.05) is 13.1 Å². The summed E-state index contributed by atoms with van der Waals surface area (Å²) < 4.78 is 6.88. The first-order valence-corrected chi connectivity index (χ1v) is 6.06. The molecule has 0 aliphatic heterocycles. The molecule has 0 aliphatic carbocycles. The molecule has 19 heavy (non-hydrogen) atoms. The minimum atomic E-state index is 0.0117. The first-order valence-electron chi connectivity index (χ1n) is 6.06. The Balaban J connectivity index is 2.10. The van der Waals surface area contributed by atoms with E-state index in [9.17, 15) is 4.79 Å². The molecule has 0 saturated carbocycles. The summed E-state index contributed by atoms with van der Waals surface area (Å²) in [7, 11) is 3.40. The van der Waals surface area contributed by atoms with E-state index < -0.39 is 0 Å². The molecule has 5 heteroatoms. The highest BCUT2D eigenvalue weighted by molar-refractivity contribution is 6.01. The fraction of sp³-hybridized carbons (Fsp3) is 0.286. The molecule has 0 atom stereocenters. The van der Waals surface area contributed by atoms with Gasteiger partial charge in [0, 0.05) is 30.9 Å². The van der Waals surface area contributed by atoms with Gasteiger partial charge in [-0.15, -0.1) is 0 Å². The topological polar surface area (TPSA) is 70.1 Å². The number of ether oxygens (including phenoxy) is 1. The van der Waals surface area contributed by atoms with Crippen LogP contribution in [0, 0.1) is 0 Å². The highest BCUT2D eigenvalue weighted by Crippen LogP contribution is 2.25. The average molecular weight is 259 g/mol. The van der Waals surface area contributed by atoms with Crippen LogP contribution < -0.4 is 10.5 Å². The van der Waals surface area contributed by atoms with Crippen molar-refractivity contribution in [3.8, 4) is 5.75 Å². The van der Waals surface area contributed by atoms with E-state index in [4.69, 9.17) is 10.5 Å². The molecular formula is C14H17N3O2. The summed E-state index contributed by atoms with van der Waals surface area (Å²) in [5.41, 5.74) is 7.85. The van der Waals surface area contributed by atoms with Gasteiger partial charge in [0.1, 0.15) is 5.75 Å². The first-order chi connectivity index (χ1) is 9.13. The normalized spacial score (nSPS) is 10.4. The summed E-state index contributed by atoms with van der Waals surface area (Å²) in [5.74, 6) is 0.545. The van der Waals surface area contributed by atoms with Gasteiger partial charge in [0.15, 0.2) is 5.78 Å². The van der Waals surface area contributed by atoms with Crippen LogP contribution in [0.4, 0.5) is 5.69 Å². The van der Waals surface area contributed by atoms with Crippen molar-refractivity contribution >= 4 is 11.5 Å². The molecule has 0 aliphatic rings. The number of methoxy groups -OCH3 is 1. The van der Waals surface area contributed by atoms with Crippen molar-refractivity contribution in [3.63, 3.8) is 0 Å². The maximum absolute atomic E-state index is 12.2. The average Bonchev–Trinajstić information content (AvgIpc) is 2.82. The number of rotatable bonds is 5. The number of aromatic nitrogens is 2. The van der Waals surface area contributed by atoms with Crippen molar-refractivity contribution in [3.05, 3.63) is 41.7 Å². The van der Waals surface area contributed by atoms with Crippen LogP contribution >= 0.6 is 0 Å². The van der Waals surface area contributed by atoms with Crippen LogP contribution in [0.5, 0.6) is 5.75 Å². The monoisotopic (exact) mass is 259 g/mol. The number of nitrogens with zero attached hydrogens (tertiary/aromatic N) is 2. The van der Waals surface area contributed by atoms with Gasteiger partial charge in [-0.25, -0.2) is 0 Å². The molecule has 2 rings (SSSR count). The van der Waals surface area contributed by atoms with Crippen molar-refractivity contribution in [2.75, 3.05) is 12.8 Å². The van der Waals surface area contributed by atoms with Crippen LogP contribution in [-0.4, -0.2) is 22.7 Å². The number of nitrogens with two attached hydrogens (primary N) is 1. The number of Topliss-reactive ketones (excluding diaryl/α,β-unsaturated/α-hetero) is 1. The van der Waals surface area contributed by atoms with E-state index in [-0.39, 0.29) is 5.78 Å². The molecule has 0 amide bonds. The van der Waals surface area contributed by atoms with Gasteiger partial charge in [0.2, 0.25) is 0 Å². The molecule has 5 nitrogen and oxygen atoms in total. The Hall–Kier alpha value is -2.30. The van der Waals surface area contributed by atoms with Crippen LogP contribution in [0.25, 0.3) is 0 Å². The molecule has 0 spiro atoms. The maximum Gasteiger partial charge on any atom is 0.165 e. The highest BCUT2D eigenvalue weighted by Gasteiger charge is 2.13. The Bertz CT molecular complexity index is 590. The molecule has 100 valence electrons. The second-order valence-corrected chi connectivity index (χ2v) is 4.29. The predicted molar refractivity (Wildman–Crippen MR) is 73.3 cm³/mol. The lowest BCUT2D eigenvalue weighted by atomic mass is 10.0. The number of nitrogen functional groups attached to an aromatic ring is 1. The molecule has 1 heterocycles. The first kappa shape index (κ1) is 13.1. The Morgan fingerprint density at radius 3 is 2.84 bits per heavy atom. The number of anilines is 1. The second-order valence-electron chi connectivity index (χ2n) is 4.29. The summed E-state index contributed by atoms with van der Waals surface area (Å²) in [6.07, 6.45) is 2.77. The van der Waals surface area contributed by atoms with Crippen molar-refractivity contribution < 1.29 is 9.53 Å². The zero-order valence-corrected chi connectivity index (χ0v) is 11.1. The fourth-order valence-electron chi connectivity index (χ4n) is 1.99. The quantitative estimate of drug-likeness (QED) is 0.657. The van der Waals surface area contributed by atoms with E-state index >= 15 is 0 Å². The highest BCUT2D eigenvalue weighted by atomic mass is 16.5. The molecule has 0 bridgehead atoms. The summed E-state index contributed by atoms with van der Waals surface area (Å²) in [5, 5.41) is 4.07. The number of para-hydroxylation sites is 1. The minimum Gasteiger partial charge on any atom is -0.495 e. The standard InChI is InChI=1S/C14H17N3O2/c1-17-10(8-9-16-17)6-7-12(18)11-4-3-5-13(19-2)14(11)15/h3-5,8-9H,6-7,15H2,1-2H3. The minimum absolute atomic E-state index is 0.0117.